The maximum Gasteiger partial charge on any atom is 0.123 e. The van der Waals surface area contributed by atoms with Gasteiger partial charge in [0.1, 0.15) is 12.4 Å². The molecule has 3 heteroatoms. The number of nitrogens with two attached hydrogens (primary N) is 1. The van der Waals surface area contributed by atoms with Gasteiger partial charge in [-0.15, -0.1) is 0 Å². The van der Waals surface area contributed by atoms with Gasteiger partial charge >= 0.3 is 0 Å². The Balaban J connectivity index is 1.74. The van der Waals surface area contributed by atoms with Crippen LogP contribution >= 0.6 is 0 Å². The van der Waals surface area contributed by atoms with E-state index in [2.05, 4.69) is 12.1 Å². The average Bonchev–Trinajstić information content (AvgIpc) is 2.88. The van der Waals surface area contributed by atoms with Crippen molar-refractivity contribution in [2.75, 3.05) is 0 Å². The van der Waals surface area contributed by atoms with Crippen LogP contribution < -0.4 is 10.5 Å². The first-order valence-corrected chi connectivity index (χ1v) is 6.77. The Morgan fingerprint density at radius 1 is 1.20 bits per heavy atom. The molecule has 1 unspecified atom stereocenters. The Morgan fingerprint density at radius 3 is 2.75 bits per heavy atom. The lowest BCUT2D eigenvalue weighted by atomic mass is 10.1. The molecule has 0 saturated carbocycles. The number of hydrogen-bond acceptors (Lipinski definition) is 3. The summed E-state index contributed by atoms with van der Waals surface area (Å²) in [5, 5.41) is 8.77. The Bertz CT molecular complexity index is 656. The Hall–Kier alpha value is -2.31. The number of ether oxygens (including phenoxy) is 1. The predicted octanol–water partition coefficient (Wildman–Crippen LogP) is 3.08. The Kier molecular flexibility index (Phi) is 3.41. The molecule has 3 rings (SSSR count). The van der Waals surface area contributed by atoms with Crippen molar-refractivity contribution in [3.05, 3.63) is 64.7 Å². The molecule has 1 aliphatic rings. The zero-order chi connectivity index (χ0) is 13.9. The summed E-state index contributed by atoms with van der Waals surface area (Å²) in [5.41, 5.74) is 10.2. The second-order valence-corrected chi connectivity index (χ2v) is 5.07. The first-order valence-electron chi connectivity index (χ1n) is 6.77. The lowest BCUT2D eigenvalue weighted by Crippen LogP contribution is -2.05. The maximum atomic E-state index is 8.77. The molecule has 0 radical (unpaired) electrons. The van der Waals surface area contributed by atoms with Gasteiger partial charge in [0.25, 0.3) is 0 Å². The molecular weight excluding hydrogens is 248 g/mol. The lowest BCUT2D eigenvalue weighted by Gasteiger charge is -2.11. The van der Waals surface area contributed by atoms with Gasteiger partial charge in [-0.1, -0.05) is 24.3 Å². The molecule has 0 amide bonds. The summed E-state index contributed by atoms with van der Waals surface area (Å²) in [7, 11) is 0. The van der Waals surface area contributed by atoms with Gasteiger partial charge in [-0.2, -0.15) is 5.26 Å². The summed E-state index contributed by atoms with van der Waals surface area (Å²) in [6.07, 6.45) is 1.98. The second kappa shape index (κ2) is 5.36. The van der Waals surface area contributed by atoms with Crippen molar-refractivity contribution in [1.29, 1.82) is 5.26 Å². The molecule has 1 aliphatic carbocycles. The first kappa shape index (κ1) is 12.7. The smallest absolute Gasteiger partial charge is 0.123 e. The molecule has 1 atom stereocenters. The van der Waals surface area contributed by atoms with Crippen molar-refractivity contribution in [1.82, 2.24) is 0 Å². The van der Waals surface area contributed by atoms with Crippen molar-refractivity contribution < 1.29 is 4.74 Å². The highest BCUT2D eigenvalue weighted by Crippen LogP contribution is 2.35. The summed E-state index contributed by atoms with van der Waals surface area (Å²) in [6, 6.07) is 15.8. The minimum atomic E-state index is 0.142. The van der Waals surface area contributed by atoms with E-state index in [-0.39, 0.29) is 6.04 Å². The van der Waals surface area contributed by atoms with Crippen LogP contribution in [0.2, 0.25) is 0 Å². The highest BCUT2D eigenvalue weighted by atomic mass is 16.5. The van der Waals surface area contributed by atoms with E-state index >= 15 is 0 Å². The zero-order valence-corrected chi connectivity index (χ0v) is 11.2. The third-order valence-corrected chi connectivity index (χ3v) is 3.75. The Morgan fingerprint density at radius 2 is 2.00 bits per heavy atom. The molecule has 2 aromatic rings. The zero-order valence-electron chi connectivity index (χ0n) is 11.2. The van der Waals surface area contributed by atoms with Gasteiger partial charge in [-0.05, 0) is 47.7 Å². The maximum absolute atomic E-state index is 8.77. The van der Waals surface area contributed by atoms with Crippen molar-refractivity contribution in [3.63, 3.8) is 0 Å². The van der Waals surface area contributed by atoms with Crippen LogP contribution in [-0.4, -0.2) is 0 Å². The van der Waals surface area contributed by atoms with E-state index in [9.17, 15) is 0 Å². The van der Waals surface area contributed by atoms with Gasteiger partial charge < -0.3 is 10.5 Å². The summed E-state index contributed by atoms with van der Waals surface area (Å²) < 4.78 is 5.92. The monoisotopic (exact) mass is 264 g/mol. The largest absolute Gasteiger partial charge is 0.489 e. The van der Waals surface area contributed by atoms with Crippen LogP contribution in [-0.2, 0) is 13.0 Å². The number of benzene rings is 2. The van der Waals surface area contributed by atoms with Gasteiger partial charge in [-0.25, -0.2) is 0 Å². The molecule has 0 fully saturated rings. The van der Waals surface area contributed by atoms with Crippen molar-refractivity contribution in [2.24, 2.45) is 5.73 Å². The predicted molar refractivity (Wildman–Crippen MR) is 77.2 cm³/mol. The molecule has 0 heterocycles. The van der Waals surface area contributed by atoms with Gasteiger partial charge in [0.15, 0.2) is 0 Å². The SMILES string of the molecule is N#Cc1ccc(COc2cccc3c2CCC3N)cc1. The molecule has 0 aliphatic heterocycles. The molecule has 0 spiro atoms. The fraction of sp³-hybridized carbons (Fsp3) is 0.235. The van der Waals surface area contributed by atoms with Gasteiger partial charge in [0, 0.05) is 6.04 Å². The third-order valence-electron chi connectivity index (χ3n) is 3.75. The van der Waals surface area contributed by atoms with Crippen LogP contribution in [0.15, 0.2) is 42.5 Å². The second-order valence-electron chi connectivity index (χ2n) is 5.07. The minimum absolute atomic E-state index is 0.142. The normalized spacial score (nSPS) is 16.5. The number of nitrogens with zero attached hydrogens (tertiary/aromatic N) is 1. The van der Waals surface area contributed by atoms with Gasteiger partial charge in [0.2, 0.25) is 0 Å². The molecule has 0 saturated heterocycles. The lowest BCUT2D eigenvalue weighted by molar-refractivity contribution is 0.303. The quantitative estimate of drug-likeness (QED) is 0.926. The minimum Gasteiger partial charge on any atom is -0.489 e. The van der Waals surface area contributed by atoms with Crippen LogP contribution in [0.1, 0.15) is 34.7 Å². The van der Waals surface area contributed by atoms with E-state index in [0.29, 0.717) is 12.2 Å². The molecular formula is C17H16N2O. The van der Waals surface area contributed by atoms with E-state index in [1.807, 2.05) is 36.4 Å². The van der Waals surface area contributed by atoms with Crippen LogP contribution in [0.5, 0.6) is 5.75 Å². The van der Waals surface area contributed by atoms with Gasteiger partial charge in [-0.3, -0.25) is 0 Å². The summed E-state index contributed by atoms with van der Waals surface area (Å²) in [4.78, 5) is 0. The first-order chi connectivity index (χ1) is 9.78. The summed E-state index contributed by atoms with van der Waals surface area (Å²) in [5.74, 6) is 0.930. The molecule has 2 aromatic carbocycles. The van der Waals surface area contributed by atoms with Crippen LogP contribution in [0.4, 0.5) is 0 Å². The molecule has 3 nitrogen and oxygen atoms in total. The molecule has 0 aromatic heterocycles. The number of fused-ring (bicyclic) bond motifs is 1. The number of nitriles is 1. The summed E-state index contributed by atoms with van der Waals surface area (Å²) >= 11 is 0. The average molecular weight is 264 g/mol. The standard InChI is InChI=1S/C17H16N2O/c18-10-12-4-6-13(7-5-12)11-20-17-3-1-2-14-15(17)8-9-16(14)19/h1-7,16H,8-9,11,19H2. The number of hydrogen-bond donors (Lipinski definition) is 1. The fourth-order valence-electron chi connectivity index (χ4n) is 2.62. The van der Waals surface area contributed by atoms with Crippen LogP contribution in [0, 0.1) is 11.3 Å². The van der Waals surface area contributed by atoms with E-state index in [0.717, 1.165) is 24.2 Å². The highest BCUT2D eigenvalue weighted by molar-refractivity contribution is 5.45. The fourth-order valence-corrected chi connectivity index (χ4v) is 2.62. The highest BCUT2D eigenvalue weighted by Gasteiger charge is 2.21. The molecule has 0 bridgehead atoms. The molecule has 20 heavy (non-hydrogen) atoms. The summed E-state index contributed by atoms with van der Waals surface area (Å²) in [6.45, 7) is 0.511. The molecule has 100 valence electrons. The third kappa shape index (κ3) is 2.38. The van der Waals surface area contributed by atoms with E-state index in [1.54, 1.807) is 0 Å². The van der Waals surface area contributed by atoms with Gasteiger partial charge in [0.05, 0.1) is 11.6 Å². The van der Waals surface area contributed by atoms with Crippen molar-refractivity contribution in [3.8, 4) is 11.8 Å². The number of rotatable bonds is 3. The van der Waals surface area contributed by atoms with E-state index < -0.39 is 0 Å². The topological polar surface area (TPSA) is 59.0 Å². The van der Waals surface area contributed by atoms with Crippen LogP contribution in [0.25, 0.3) is 0 Å². The van der Waals surface area contributed by atoms with Crippen molar-refractivity contribution >= 4 is 0 Å². The van der Waals surface area contributed by atoms with Crippen LogP contribution in [0.3, 0.4) is 0 Å². The van der Waals surface area contributed by atoms with E-state index in [1.165, 1.54) is 11.1 Å². The van der Waals surface area contributed by atoms with E-state index in [4.69, 9.17) is 15.7 Å². The van der Waals surface area contributed by atoms with Crippen molar-refractivity contribution in [2.45, 2.75) is 25.5 Å². The Labute approximate surface area is 118 Å². The molecule has 2 N–H and O–H groups in total.